The van der Waals surface area contributed by atoms with E-state index in [9.17, 15) is 13.2 Å². The molecule has 184 valence electrons. The molecule has 0 atom stereocenters. The zero-order valence-electron chi connectivity index (χ0n) is 20.0. The van der Waals surface area contributed by atoms with Gasteiger partial charge in [-0.3, -0.25) is 9.52 Å². The van der Waals surface area contributed by atoms with Gasteiger partial charge in [0, 0.05) is 19.3 Å². The van der Waals surface area contributed by atoms with Gasteiger partial charge in [0.15, 0.2) is 4.90 Å². The molecule has 1 aliphatic heterocycles. The predicted molar refractivity (Wildman–Crippen MR) is 136 cm³/mol. The van der Waals surface area contributed by atoms with E-state index in [1.54, 1.807) is 6.07 Å². The first kappa shape index (κ1) is 24.5. The van der Waals surface area contributed by atoms with Crippen molar-refractivity contribution in [2.75, 3.05) is 35.1 Å². The molecule has 3 aromatic rings. The van der Waals surface area contributed by atoms with Crippen molar-refractivity contribution in [3.05, 3.63) is 65.5 Å². The van der Waals surface area contributed by atoms with Crippen molar-refractivity contribution in [3.63, 3.8) is 0 Å². The smallest absolute Gasteiger partial charge is 0.267 e. The van der Waals surface area contributed by atoms with E-state index in [1.807, 2.05) is 38.1 Å². The van der Waals surface area contributed by atoms with Gasteiger partial charge in [-0.15, -0.1) is 0 Å². The SMILES string of the molecule is COc1ncc(NC(=O)c2ccc(N3CCCCC3)nc2)cc1S(=O)(=O)Nc1c(C)cccc1C. The molecule has 0 spiro atoms. The van der Waals surface area contributed by atoms with Crippen molar-refractivity contribution < 1.29 is 17.9 Å². The number of rotatable bonds is 7. The lowest BCUT2D eigenvalue weighted by molar-refractivity contribution is 0.102. The fourth-order valence-electron chi connectivity index (χ4n) is 4.04. The van der Waals surface area contributed by atoms with Gasteiger partial charge >= 0.3 is 0 Å². The molecule has 0 bridgehead atoms. The Morgan fingerprint density at radius 3 is 2.34 bits per heavy atom. The van der Waals surface area contributed by atoms with E-state index in [0.29, 0.717) is 11.3 Å². The number of aryl methyl sites for hydroxylation is 2. The van der Waals surface area contributed by atoms with Crippen LogP contribution in [0.1, 0.15) is 40.7 Å². The van der Waals surface area contributed by atoms with E-state index >= 15 is 0 Å². The van der Waals surface area contributed by atoms with Gasteiger partial charge < -0.3 is 15.0 Å². The van der Waals surface area contributed by atoms with Crippen molar-refractivity contribution in [2.45, 2.75) is 38.0 Å². The lowest BCUT2D eigenvalue weighted by atomic mass is 10.1. The summed E-state index contributed by atoms with van der Waals surface area (Å²) in [5.41, 5.74) is 2.64. The molecule has 1 saturated heterocycles. The number of amides is 1. The first-order valence-electron chi connectivity index (χ1n) is 11.4. The van der Waals surface area contributed by atoms with Crippen LogP contribution in [0.4, 0.5) is 17.2 Å². The highest BCUT2D eigenvalue weighted by Gasteiger charge is 2.24. The Morgan fingerprint density at radius 2 is 1.71 bits per heavy atom. The normalized spacial score (nSPS) is 13.9. The Kier molecular flexibility index (Phi) is 7.20. The van der Waals surface area contributed by atoms with Crippen molar-refractivity contribution in [1.82, 2.24) is 9.97 Å². The van der Waals surface area contributed by atoms with Crippen LogP contribution < -0.4 is 19.7 Å². The molecule has 1 aliphatic rings. The van der Waals surface area contributed by atoms with Gasteiger partial charge in [0.25, 0.3) is 15.9 Å². The molecule has 35 heavy (non-hydrogen) atoms. The molecule has 0 aliphatic carbocycles. The van der Waals surface area contributed by atoms with E-state index in [4.69, 9.17) is 4.74 Å². The van der Waals surface area contributed by atoms with Gasteiger partial charge in [-0.1, -0.05) is 18.2 Å². The van der Waals surface area contributed by atoms with Crippen molar-refractivity contribution in [3.8, 4) is 5.88 Å². The van der Waals surface area contributed by atoms with Crippen LogP contribution in [0.5, 0.6) is 5.88 Å². The maximum Gasteiger partial charge on any atom is 0.267 e. The van der Waals surface area contributed by atoms with Gasteiger partial charge in [0.05, 0.1) is 30.2 Å². The van der Waals surface area contributed by atoms with E-state index in [-0.39, 0.29) is 16.5 Å². The first-order valence-corrected chi connectivity index (χ1v) is 12.9. The summed E-state index contributed by atoms with van der Waals surface area (Å²) >= 11 is 0. The molecule has 2 aromatic heterocycles. The summed E-state index contributed by atoms with van der Waals surface area (Å²) in [6.07, 6.45) is 6.38. The molecular formula is C25H29N5O4S. The number of carbonyl (C=O) groups is 1. The van der Waals surface area contributed by atoms with Crippen LogP contribution in [0, 0.1) is 13.8 Å². The Labute approximate surface area is 205 Å². The topological polar surface area (TPSA) is 114 Å². The highest BCUT2D eigenvalue weighted by atomic mass is 32.2. The van der Waals surface area contributed by atoms with Crippen LogP contribution in [-0.4, -0.2) is 44.5 Å². The molecule has 0 radical (unpaired) electrons. The van der Waals surface area contributed by atoms with Crippen LogP contribution in [0.2, 0.25) is 0 Å². The molecule has 1 fully saturated rings. The third kappa shape index (κ3) is 5.54. The fraction of sp³-hybridized carbons (Fsp3) is 0.320. The van der Waals surface area contributed by atoms with Gasteiger partial charge in [-0.2, -0.15) is 0 Å². The molecule has 9 nitrogen and oxygen atoms in total. The number of sulfonamides is 1. The van der Waals surface area contributed by atoms with E-state index in [0.717, 1.165) is 42.9 Å². The van der Waals surface area contributed by atoms with Crippen LogP contribution >= 0.6 is 0 Å². The lowest BCUT2D eigenvalue weighted by Gasteiger charge is -2.27. The van der Waals surface area contributed by atoms with Crippen molar-refractivity contribution in [2.24, 2.45) is 0 Å². The number of aromatic nitrogens is 2. The molecular weight excluding hydrogens is 466 g/mol. The summed E-state index contributed by atoms with van der Waals surface area (Å²) in [7, 11) is -2.71. The average molecular weight is 496 g/mol. The average Bonchev–Trinajstić information content (AvgIpc) is 2.87. The first-order chi connectivity index (χ1) is 16.8. The quantitative estimate of drug-likeness (QED) is 0.506. The number of hydrogen-bond donors (Lipinski definition) is 2. The minimum Gasteiger partial charge on any atom is -0.480 e. The number of ether oxygens (including phenoxy) is 1. The summed E-state index contributed by atoms with van der Waals surface area (Å²) < 4.78 is 34.3. The highest BCUT2D eigenvalue weighted by Crippen LogP contribution is 2.29. The summed E-state index contributed by atoms with van der Waals surface area (Å²) in [6.45, 7) is 5.57. The largest absolute Gasteiger partial charge is 0.480 e. The summed E-state index contributed by atoms with van der Waals surface area (Å²) in [6, 6.07) is 10.4. The molecule has 10 heteroatoms. The molecule has 0 unspecified atom stereocenters. The van der Waals surface area contributed by atoms with Crippen LogP contribution in [0.15, 0.2) is 53.7 Å². The lowest BCUT2D eigenvalue weighted by Crippen LogP contribution is -2.30. The number of nitrogens with one attached hydrogen (secondary N) is 2. The minimum atomic E-state index is -4.05. The third-order valence-electron chi connectivity index (χ3n) is 5.97. The maximum absolute atomic E-state index is 13.2. The van der Waals surface area contributed by atoms with Crippen LogP contribution in [0.25, 0.3) is 0 Å². The maximum atomic E-state index is 13.2. The number of carbonyl (C=O) groups excluding carboxylic acids is 1. The summed E-state index contributed by atoms with van der Waals surface area (Å²) in [5, 5.41) is 2.70. The number of piperidine rings is 1. The Balaban J connectivity index is 1.55. The molecule has 3 heterocycles. The zero-order chi connectivity index (χ0) is 25.0. The van der Waals surface area contributed by atoms with Crippen LogP contribution in [-0.2, 0) is 10.0 Å². The second-order valence-electron chi connectivity index (χ2n) is 8.51. The Morgan fingerprint density at radius 1 is 1.00 bits per heavy atom. The number of anilines is 3. The van der Waals surface area contributed by atoms with E-state index in [2.05, 4.69) is 24.9 Å². The standard InChI is InChI=1S/C25H29N5O4S/c1-17-8-7-9-18(2)23(17)29-35(32,33)21-14-20(16-27-25(21)34-3)28-24(31)19-10-11-22(26-15-19)30-12-5-4-6-13-30/h7-11,14-16,29H,4-6,12-13H2,1-3H3,(H,28,31). The van der Waals surface area contributed by atoms with Crippen LogP contribution in [0.3, 0.4) is 0 Å². The molecule has 0 saturated carbocycles. The molecule has 4 rings (SSSR count). The second kappa shape index (κ2) is 10.3. The molecule has 2 N–H and O–H groups in total. The minimum absolute atomic E-state index is 0.0747. The zero-order valence-corrected chi connectivity index (χ0v) is 20.9. The van der Waals surface area contributed by atoms with E-state index < -0.39 is 15.9 Å². The summed E-state index contributed by atoms with van der Waals surface area (Å²) in [5.74, 6) is 0.355. The Bertz CT molecular complexity index is 1300. The monoisotopic (exact) mass is 495 g/mol. The van der Waals surface area contributed by atoms with Crippen molar-refractivity contribution in [1.29, 1.82) is 0 Å². The number of methoxy groups -OCH3 is 1. The molecule has 1 aromatic carbocycles. The fourth-order valence-corrected chi connectivity index (χ4v) is 5.39. The summed E-state index contributed by atoms with van der Waals surface area (Å²) in [4.78, 5) is 23.4. The number of nitrogens with zero attached hydrogens (tertiary/aromatic N) is 3. The number of para-hydroxylation sites is 1. The number of hydrogen-bond acceptors (Lipinski definition) is 7. The van der Waals surface area contributed by atoms with Gasteiger partial charge in [0.1, 0.15) is 5.82 Å². The number of pyridine rings is 2. The second-order valence-corrected chi connectivity index (χ2v) is 10.2. The van der Waals surface area contributed by atoms with Gasteiger partial charge in [-0.25, -0.2) is 18.4 Å². The number of benzene rings is 1. The van der Waals surface area contributed by atoms with Crippen molar-refractivity contribution >= 4 is 33.1 Å². The predicted octanol–water partition coefficient (Wildman–Crippen LogP) is 4.15. The Hall–Kier alpha value is -3.66. The van der Waals surface area contributed by atoms with Gasteiger partial charge in [-0.05, 0) is 62.4 Å². The third-order valence-corrected chi connectivity index (χ3v) is 7.31. The van der Waals surface area contributed by atoms with E-state index in [1.165, 1.54) is 32.0 Å². The van der Waals surface area contributed by atoms with Gasteiger partial charge in [0.2, 0.25) is 5.88 Å². The highest BCUT2D eigenvalue weighted by molar-refractivity contribution is 7.92. The molecule has 1 amide bonds.